The topological polar surface area (TPSA) is 186 Å². The van der Waals surface area contributed by atoms with E-state index in [1.54, 1.807) is 0 Å². The third-order valence-electron chi connectivity index (χ3n) is 4.93. The highest BCUT2D eigenvalue weighted by Gasteiger charge is 2.22. The summed E-state index contributed by atoms with van der Waals surface area (Å²) in [5, 5.41) is 36.4. The molecule has 0 aromatic carbocycles. The second kappa shape index (κ2) is 22.3. The van der Waals surface area contributed by atoms with Crippen molar-refractivity contribution in [1.29, 1.82) is 0 Å². The molecule has 0 radical (unpaired) electrons. The zero-order valence-corrected chi connectivity index (χ0v) is 21.6. The number of rotatable bonds is 21. The Morgan fingerprint density at radius 2 is 1.27 bits per heavy atom. The van der Waals surface area contributed by atoms with Crippen LogP contribution < -0.4 is 11.1 Å². The Kier molecular flexibility index (Phi) is 23.7. The van der Waals surface area contributed by atoms with Crippen molar-refractivity contribution >= 4 is 7.82 Å². The lowest BCUT2D eigenvalue weighted by Gasteiger charge is -2.18. The van der Waals surface area contributed by atoms with Gasteiger partial charge in [0.05, 0.1) is 13.0 Å². The van der Waals surface area contributed by atoms with Crippen LogP contribution in [0, 0.1) is 5.92 Å². The molecule has 0 bridgehead atoms. The van der Waals surface area contributed by atoms with Crippen LogP contribution in [-0.2, 0) is 9.09 Å². The smallest absolute Gasteiger partial charge is 0.378 e. The molecule has 0 aromatic heterocycles. The molecule has 11 heteroatoms. The Morgan fingerprint density at radius 1 is 0.848 bits per heavy atom. The number of phosphoric ester groups is 1. The van der Waals surface area contributed by atoms with E-state index in [4.69, 9.17) is 35.9 Å². The standard InChI is InChI=1S/C17H37O4P.C5H14N2O4/c1-17(2)15-13-11-9-7-5-3-4-6-8-10-12-14-16-21-22(18,19)20;6-1-2-7-4(8)3-5(9,10)11/h17H,3-16H2,1-2H3,(H2,18,19,20);4,7-11H,1-3,6H2. The lowest BCUT2D eigenvalue weighted by Crippen LogP contribution is -2.41. The van der Waals surface area contributed by atoms with Gasteiger partial charge in [0.15, 0.2) is 0 Å². The number of nitrogens with two attached hydrogens (primary N) is 1. The summed E-state index contributed by atoms with van der Waals surface area (Å²) in [6.45, 7) is 5.43. The summed E-state index contributed by atoms with van der Waals surface area (Å²) in [4.78, 5) is 17.0. The van der Waals surface area contributed by atoms with Crippen molar-refractivity contribution in [1.82, 2.24) is 5.32 Å². The molecule has 0 aromatic rings. The Bertz CT molecular complexity index is 458. The SMILES string of the molecule is CC(C)CCCCCCCCCCCCCCOP(=O)(O)O.NCCNC(O)CC(O)(O)O. The lowest BCUT2D eigenvalue weighted by atomic mass is 10.0. The van der Waals surface area contributed by atoms with Gasteiger partial charge in [0, 0.05) is 13.1 Å². The van der Waals surface area contributed by atoms with Gasteiger partial charge in [-0.1, -0.05) is 90.9 Å². The molecule has 0 rings (SSSR count). The average Bonchev–Trinajstić information content (AvgIpc) is 2.67. The molecule has 0 amide bonds. The van der Waals surface area contributed by atoms with E-state index in [1.807, 2.05) is 0 Å². The molecular weight excluding hydrogens is 451 g/mol. The molecule has 0 heterocycles. The molecule has 33 heavy (non-hydrogen) atoms. The lowest BCUT2D eigenvalue weighted by molar-refractivity contribution is -0.323. The number of unbranched alkanes of at least 4 members (excludes halogenated alkanes) is 11. The molecule has 0 aliphatic rings. The van der Waals surface area contributed by atoms with Crippen molar-refractivity contribution in [2.45, 2.75) is 116 Å². The first-order valence-electron chi connectivity index (χ1n) is 12.4. The predicted octanol–water partition coefficient (Wildman–Crippen LogP) is 2.70. The minimum absolute atomic E-state index is 0.168. The fraction of sp³-hybridized carbons (Fsp3) is 1.00. The van der Waals surface area contributed by atoms with Crippen LogP contribution in [0.1, 0.15) is 104 Å². The van der Waals surface area contributed by atoms with Crippen molar-refractivity contribution in [3.05, 3.63) is 0 Å². The van der Waals surface area contributed by atoms with E-state index < -0.39 is 26.4 Å². The van der Waals surface area contributed by atoms with Crippen LogP contribution in [0.2, 0.25) is 0 Å². The summed E-state index contributed by atoms with van der Waals surface area (Å²) in [5.74, 6) is -1.98. The zero-order valence-electron chi connectivity index (χ0n) is 20.7. The second-order valence-corrected chi connectivity index (χ2v) is 10.2. The molecule has 0 aliphatic carbocycles. The number of aliphatic hydroxyl groups excluding tert-OH is 1. The Balaban J connectivity index is 0. The van der Waals surface area contributed by atoms with Crippen molar-refractivity contribution in [2.75, 3.05) is 19.7 Å². The van der Waals surface area contributed by atoms with Gasteiger partial charge in [0.1, 0.15) is 6.23 Å². The van der Waals surface area contributed by atoms with Gasteiger partial charge >= 0.3 is 7.82 Å². The molecule has 0 aliphatic heterocycles. The van der Waals surface area contributed by atoms with E-state index >= 15 is 0 Å². The minimum Gasteiger partial charge on any atom is -0.378 e. The van der Waals surface area contributed by atoms with Crippen LogP contribution in [0.5, 0.6) is 0 Å². The van der Waals surface area contributed by atoms with Gasteiger partial charge in [-0.3, -0.25) is 9.84 Å². The Hall–Kier alpha value is -0.130. The fourth-order valence-corrected chi connectivity index (χ4v) is 3.55. The molecule has 1 unspecified atom stereocenters. The number of hydrogen-bond acceptors (Lipinski definition) is 8. The maximum atomic E-state index is 10.5. The summed E-state index contributed by atoms with van der Waals surface area (Å²) in [6, 6.07) is 0. The monoisotopic (exact) mass is 502 g/mol. The molecule has 0 saturated heterocycles. The van der Waals surface area contributed by atoms with Gasteiger partial charge in [-0.25, -0.2) is 4.57 Å². The number of aliphatic hydroxyl groups is 4. The van der Waals surface area contributed by atoms with E-state index in [0.29, 0.717) is 13.1 Å². The van der Waals surface area contributed by atoms with Gasteiger partial charge in [-0.15, -0.1) is 0 Å². The van der Waals surface area contributed by atoms with Crippen LogP contribution in [0.3, 0.4) is 0 Å². The van der Waals surface area contributed by atoms with E-state index in [2.05, 4.69) is 23.7 Å². The molecule has 9 N–H and O–H groups in total. The van der Waals surface area contributed by atoms with Gasteiger partial charge in [0.2, 0.25) is 0 Å². The van der Waals surface area contributed by atoms with Crippen LogP contribution in [-0.4, -0.2) is 62.1 Å². The largest absolute Gasteiger partial charge is 0.469 e. The van der Waals surface area contributed by atoms with Crippen LogP contribution in [0.15, 0.2) is 0 Å². The van der Waals surface area contributed by atoms with E-state index in [-0.39, 0.29) is 6.61 Å². The van der Waals surface area contributed by atoms with Crippen molar-refractivity contribution in [2.24, 2.45) is 11.7 Å². The number of hydrogen-bond donors (Lipinski definition) is 8. The summed E-state index contributed by atoms with van der Waals surface area (Å²) < 4.78 is 14.9. The molecule has 0 fully saturated rings. The van der Waals surface area contributed by atoms with Gasteiger partial charge < -0.3 is 35.9 Å². The van der Waals surface area contributed by atoms with Gasteiger partial charge in [-0.2, -0.15) is 0 Å². The third kappa shape index (κ3) is 36.6. The highest BCUT2D eigenvalue weighted by molar-refractivity contribution is 7.46. The molecule has 10 nitrogen and oxygen atoms in total. The molecule has 1 atom stereocenters. The van der Waals surface area contributed by atoms with E-state index in [1.165, 1.54) is 64.2 Å². The summed E-state index contributed by atoms with van der Waals surface area (Å²) in [6.07, 6.45) is 14.6. The summed E-state index contributed by atoms with van der Waals surface area (Å²) in [5.41, 5.74) is 5.08. The van der Waals surface area contributed by atoms with E-state index in [0.717, 1.165) is 25.2 Å². The quantitative estimate of drug-likeness (QED) is 0.0659. The molecular formula is C22H51N2O8P. The van der Waals surface area contributed by atoms with Gasteiger partial charge in [-0.05, 0) is 12.3 Å². The van der Waals surface area contributed by atoms with Crippen LogP contribution >= 0.6 is 7.82 Å². The van der Waals surface area contributed by atoms with Crippen LogP contribution in [0.25, 0.3) is 0 Å². The number of nitrogens with one attached hydrogen (secondary N) is 1. The highest BCUT2D eigenvalue weighted by Crippen LogP contribution is 2.35. The Labute approximate surface area is 200 Å². The first-order chi connectivity index (χ1) is 15.4. The molecule has 0 spiro atoms. The minimum atomic E-state index is -4.26. The van der Waals surface area contributed by atoms with Crippen molar-refractivity contribution < 1.29 is 39.3 Å². The highest BCUT2D eigenvalue weighted by atomic mass is 31.2. The van der Waals surface area contributed by atoms with Crippen molar-refractivity contribution in [3.8, 4) is 0 Å². The summed E-state index contributed by atoms with van der Waals surface area (Å²) in [7, 11) is -4.26. The third-order valence-corrected chi connectivity index (χ3v) is 5.45. The molecule has 202 valence electrons. The molecule has 0 saturated carbocycles. The van der Waals surface area contributed by atoms with Crippen LogP contribution in [0.4, 0.5) is 0 Å². The maximum Gasteiger partial charge on any atom is 0.469 e. The fourth-order valence-electron chi connectivity index (χ4n) is 3.19. The zero-order chi connectivity index (χ0) is 25.6. The van der Waals surface area contributed by atoms with Gasteiger partial charge in [0.25, 0.3) is 5.97 Å². The first-order valence-corrected chi connectivity index (χ1v) is 13.9. The summed E-state index contributed by atoms with van der Waals surface area (Å²) >= 11 is 0. The Morgan fingerprint density at radius 3 is 1.64 bits per heavy atom. The normalized spacial score (nSPS) is 13.2. The van der Waals surface area contributed by atoms with Crippen molar-refractivity contribution in [3.63, 3.8) is 0 Å². The van der Waals surface area contributed by atoms with E-state index in [9.17, 15) is 4.57 Å². The first kappa shape index (κ1) is 35.0. The average molecular weight is 503 g/mol. The number of phosphoric acid groups is 1. The maximum absolute atomic E-state index is 10.5. The predicted molar refractivity (Wildman–Crippen MR) is 130 cm³/mol. The second-order valence-electron chi connectivity index (χ2n) is 8.99.